The first kappa shape index (κ1) is 14.8. The number of aromatic carboxylic acids is 1. The lowest BCUT2D eigenvalue weighted by Crippen LogP contribution is -2.39. The van der Waals surface area contributed by atoms with E-state index < -0.39 is 11.9 Å². The fourth-order valence-corrected chi connectivity index (χ4v) is 2.19. The average molecular weight is 292 g/mol. The van der Waals surface area contributed by atoms with Gasteiger partial charge in [0, 0.05) is 18.8 Å². The molecule has 2 rings (SSSR count). The van der Waals surface area contributed by atoms with Crippen LogP contribution in [0.5, 0.6) is 0 Å². The zero-order valence-electron chi connectivity index (χ0n) is 11.6. The monoisotopic (exact) mass is 292 g/mol. The molecule has 21 heavy (non-hydrogen) atoms. The van der Waals surface area contributed by atoms with Crippen molar-refractivity contribution in [2.75, 3.05) is 25.1 Å². The Labute approximate surface area is 121 Å². The number of methoxy groups -OCH3 is 1. The van der Waals surface area contributed by atoms with E-state index >= 15 is 0 Å². The molecular formula is C14H16N2O5. The van der Waals surface area contributed by atoms with Gasteiger partial charge in [-0.3, -0.25) is 9.69 Å². The number of esters is 1. The molecule has 112 valence electrons. The number of hydrogen-bond acceptors (Lipinski definition) is 4. The van der Waals surface area contributed by atoms with Crippen molar-refractivity contribution in [3.05, 3.63) is 29.3 Å². The van der Waals surface area contributed by atoms with Gasteiger partial charge < -0.3 is 15.2 Å². The number of amides is 2. The predicted molar refractivity (Wildman–Crippen MR) is 74.5 cm³/mol. The SMILES string of the molecule is COC(=O)CCNC(=O)N1CCc2ccc(C(=O)O)cc21. The highest BCUT2D eigenvalue weighted by molar-refractivity contribution is 5.97. The molecule has 0 unspecified atom stereocenters. The van der Waals surface area contributed by atoms with Crippen LogP contribution in [0.1, 0.15) is 22.3 Å². The molecule has 1 heterocycles. The molecule has 1 aliphatic heterocycles. The second-order valence-corrected chi connectivity index (χ2v) is 4.61. The van der Waals surface area contributed by atoms with Crippen LogP contribution in [-0.4, -0.2) is 43.3 Å². The first-order chi connectivity index (χ1) is 10.0. The molecule has 0 saturated carbocycles. The summed E-state index contributed by atoms with van der Waals surface area (Å²) < 4.78 is 4.49. The number of urea groups is 1. The number of carboxylic acid groups (broad SMARTS) is 1. The van der Waals surface area contributed by atoms with Crippen LogP contribution in [0.3, 0.4) is 0 Å². The van der Waals surface area contributed by atoms with E-state index in [9.17, 15) is 14.4 Å². The summed E-state index contributed by atoms with van der Waals surface area (Å²) in [6.07, 6.45) is 0.776. The number of carboxylic acids is 1. The standard InChI is InChI=1S/C14H16N2O5/c1-21-12(17)4-6-15-14(20)16-7-5-9-2-3-10(13(18)19)8-11(9)16/h2-3,8H,4-7H2,1H3,(H,15,20)(H,18,19). The van der Waals surface area contributed by atoms with Crippen LogP contribution >= 0.6 is 0 Å². The van der Waals surface area contributed by atoms with Crippen LogP contribution in [0, 0.1) is 0 Å². The fourth-order valence-electron chi connectivity index (χ4n) is 2.19. The lowest BCUT2D eigenvalue weighted by molar-refractivity contribution is -0.140. The van der Waals surface area contributed by atoms with Gasteiger partial charge in [-0.2, -0.15) is 0 Å². The number of carbonyl (C=O) groups is 3. The van der Waals surface area contributed by atoms with Gasteiger partial charge in [0.2, 0.25) is 0 Å². The maximum Gasteiger partial charge on any atom is 0.335 e. The van der Waals surface area contributed by atoms with E-state index in [4.69, 9.17) is 5.11 Å². The van der Waals surface area contributed by atoms with E-state index in [1.165, 1.54) is 24.1 Å². The maximum absolute atomic E-state index is 12.1. The van der Waals surface area contributed by atoms with Gasteiger partial charge in [0.05, 0.1) is 19.1 Å². The molecule has 0 aliphatic carbocycles. The van der Waals surface area contributed by atoms with Gasteiger partial charge in [-0.15, -0.1) is 0 Å². The molecule has 7 nitrogen and oxygen atoms in total. The number of rotatable bonds is 4. The zero-order valence-corrected chi connectivity index (χ0v) is 11.6. The van der Waals surface area contributed by atoms with Crippen LogP contribution < -0.4 is 10.2 Å². The quantitative estimate of drug-likeness (QED) is 0.808. The van der Waals surface area contributed by atoms with E-state index in [2.05, 4.69) is 10.1 Å². The smallest absolute Gasteiger partial charge is 0.335 e. The van der Waals surface area contributed by atoms with E-state index in [0.29, 0.717) is 18.7 Å². The molecule has 0 atom stereocenters. The van der Waals surface area contributed by atoms with Crippen molar-refractivity contribution in [2.24, 2.45) is 0 Å². The Balaban J connectivity index is 2.04. The van der Waals surface area contributed by atoms with Crippen molar-refractivity contribution in [2.45, 2.75) is 12.8 Å². The number of nitrogens with one attached hydrogen (secondary N) is 1. The Bertz CT molecular complexity index is 585. The topological polar surface area (TPSA) is 95.9 Å². The van der Waals surface area contributed by atoms with Crippen LogP contribution in [0.4, 0.5) is 10.5 Å². The Morgan fingerprint density at radius 3 is 2.81 bits per heavy atom. The molecule has 2 amide bonds. The van der Waals surface area contributed by atoms with Crippen molar-refractivity contribution in [3.8, 4) is 0 Å². The molecule has 0 fully saturated rings. The van der Waals surface area contributed by atoms with Gasteiger partial charge in [-0.05, 0) is 24.1 Å². The highest BCUT2D eigenvalue weighted by Gasteiger charge is 2.25. The molecule has 1 aromatic carbocycles. The van der Waals surface area contributed by atoms with Crippen molar-refractivity contribution < 1.29 is 24.2 Å². The van der Waals surface area contributed by atoms with E-state index in [0.717, 1.165) is 5.56 Å². The highest BCUT2D eigenvalue weighted by Crippen LogP contribution is 2.29. The summed E-state index contributed by atoms with van der Waals surface area (Å²) in [5.74, 6) is -1.43. The normalized spacial score (nSPS) is 12.7. The summed E-state index contributed by atoms with van der Waals surface area (Å²) in [4.78, 5) is 35.5. The van der Waals surface area contributed by atoms with E-state index in [-0.39, 0.29) is 24.6 Å². The number of benzene rings is 1. The second kappa shape index (κ2) is 6.25. The number of anilines is 1. The Morgan fingerprint density at radius 2 is 2.14 bits per heavy atom. The molecule has 0 radical (unpaired) electrons. The lowest BCUT2D eigenvalue weighted by Gasteiger charge is -2.18. The third-order valence-electron chi connectivity index (χ3n) is 3.31. The summed E-state index contributed by atoms with van der Waals surface area (Å²) in [6, 6.07) is 4.39. The highest BCUT2D eigenvalue weighted by atomic mass is 16.5. The summed E-state index contributed by atoms with van der Waals surface area (Å²) in [5.41, 5.74) is 1.68. The first-order valence-corrected chi connectivity index (χ1v) is 6.51. The Hall–Kier alpha value is -2.57. The van der Waals surface area contributed by atoms with Gasteiger partial charge in [0.15, 0.2) is 0 Å². The molecule has 1 aromatic rings. The number of ether oxygens (including phenoxy) is 1. The molecule has 0 spiro atoms. The van der Waals surface area contributed by atoms with Gasteiger partial charge in [0.25, 0.3) is 0 Å². The van der Waals surface area contributed by atoms with Crippen LogP contribution in [-0.2, 0) is 16.0 Å². The minimum Gasteiger partial charge on any atom is -0.478 e. The van der Waals surface area contributed by atoms with Crippen molar-refractivity contribution >= 4 is 23.7 Å². The molecule has 0 bridgehead atoms. The van der Waals surface area contributed by atoms with Gasteiger partial charge in [0.1, 0.15) is 0 Å². The number of fused-ring (bicyclic) bond motifs is 1. The average Bonchev–Trinajstić information content (AvgIpc) is 2.89. The maximum atomic E-state index is 12.1. The Morgan fingerprint density at radius 1 is 1.38 bits per heavy atom. The van der Waals surface area contributed by atoms with Gasteiger partial charge in [-0.25, -0.2) is 9.59 Å². The number of hydrogen-bond donors (Lipinski definition) is 2. The van der Waals surface area contributed by atoms with Crippen molar-refractivity contribution in [1.29, 1.82) is 0 Å². The van der Waals surface area contributed by atoms with Gasteiger partial charge >= 0.3 is 18.0 Å². The first-order valence-electron chi connectivity index (χ1n) is 6.51. The third kappa shape index (κ3) is 3.31. The number of nitrogens with zero attached hydrogens (tertiary/aromatic N) is 1. The zero-order chi connectivity index (χ0) is 15.4. The molecule has 1 aliphatic rings. The second-order valence-electron chi connectivity index (χ2n) is 4.61. The molecule has 7 heteroatoms. The minimum absolute atomic E-state index is 0.0953. The summed E-state index contributed by atoms with van der Waals surface area (Å²) >= 11 is 0. The van der Waals surface area contributed by atoms with Crippen LogP contribution in [0.25, 0.3) is 0 Å². The summed E-state index contributed by atoms with van der Waals surface area (Å²) in [5, 5.41) is 11.6. The number of carbonyl (C=O) groups excluding carboxylic acids is 2. The predicted octanol–water partition coefficient (Wildman–Crippen LogP) is 1.02. The van der Waals surface area contributed by atoms with Crippen molar-refractivity contribution in [3.63, 3.8) is 0 Å². The van der Waals surface area contributed by atoms with Gasteiger partial charge in [-0.1, -0.05) is 6.07 Å². The Kier molecular flexibility index (Phi) is 4.42. The van der Waals surface area contributed by atoms with Crippen LogP contribution in [0.15, 0.2) is 18.2 Å². The third-order valence-corrected chi connectivity index (χ3v) is 3.31. The van der Waals surface area contributed by atoms with E-state index in [1.807, 2.05) is 0 Å². The minimum atomic E-state index is -1.03. The van der Waals surface area contributed by atoms with Crippen LogP contribution in [0.2, 0.25) is 0 Å². The lowest BCUT2D eigenvalue weighted by atomic mass is 10.1. The summed E-state index contributed by atoms with van der Waals surface area (Å²) in [6.45, 7) is 0.665. The largest absolute Gasteiger partial charge is 0.478 e. The molecular weight excluding hydrogens is 276 g/mol. The molecule has 2 N–H and O–H groups in total. The summed E-state index contributed by atoms with van der Waals surface area (Å²) in [7, 11) is 1.29. The fraction of sp³-hybridized carbons (Fsp3) is 0.357. The van der Waals surface area contributed by atoms with Crippen molar-refractivity contribution in [1.82, 2.24) is 5.32 Å². The molecule has 0 saturated heterocycles. The molecule has 0 aromatic heterocycles. The van der Waals surface area contributed by atoms with E-state index in [1.54, 1.807) is 6.07 Å².